The quantitative estimate of drug-likeness (QED) is 0.539. The van der Waals surface area contributed by atoms with Crippen molar-refractivity contribution >= 4 is 23.4 Å². The third-order valence-electron chi connectivity index (χ3n) is 8.77. The lowest BCUT2D eigenvalue weighted by molar-refractivity contribution is -0.142. The highest BCUT2D eigenvalue weighted by Gasteiger charge is 2.54. The molecule has 3 fully saturated rings. The van der Waals surface area contributed by atoms with Gasteiger partial charge in [-0.2, -0.15) is 0 Å². The maximum absolute atomic E-state index is 14.0. The molecule has 39 heavy (non-hydrogen) atoms. The smallest absolute Gasteiger partial charge is 0.250 e. The average molecular weight is 531 g/mol. The van der Waals surface area contributed by atoms with Gasteiger partial charge < -0.3 is 19.6 Å². The van der Waals surface area contributed by atoms with Crippen molar-refractivity contribution in [1.29, 1.82) is 0 Å². The van der Waals surface area contributed by atoms with Gasteiger partial charge in [-0.25, -0.2) is 0 Å². The molecule has 2 aromatic carbocycles. The van der Waals surface area contributed by atoms with Crippen molar-refractivity contribution in [2.24, 2.45) is 11.8 Å². The Balaban J connectivity index is 1.23. The van der Waals surface area contributed by atoms with Gasteiger partial charge in [0.1, 0.15) is 12.1 Å². The highest BCUT2D eigenvalue weighted by Crippen LogP contribution is 2.39. The van der Waals surface area contributed by atoms with E-state index in [-0.39, 0.29) is 24.3 Å². The minimum absolute atomic E-state index is 0.0228. The van der Waals surface area contributed by atoms with Crippen molar-refractivity contribution in [2.75, 3.05) is 44.3 Å². The number of hydrogen-bond acceptors (Lipinski definition) is 4. The van der Waals surface area contributed by atoms with E-state index in [4.69, 9.17) is 0 Å². The van der Waals surface area contributed by atoms with E-state index in [2.05, 4.69) is 43.0 Å². The van der Waals surface area contributed by atoms with Crippen LogP contribution < -0.4 is 4.90 Å². The molecule has 0 N–H and O–H groups in total. The van der Waals surface area contributed by atoms with Crippen LogP contribution in [0.25, 0.3) is 0 Å². The molecule has 3 amide bonds. The van der Waals surface area contributed by atoms with Gasteiger partial charge in [0.15, 0.2) is 0 Å². The second-order valence-electron chi connectivity index (χ2n) is 11.9. The number of rotatable bonds is 7. The minimum atomic E-state index is -0.709. The summed E-state index contributed by atoms with van der Waals surface area (Å²) in [6.45, 7) is 7.26. The second kappa shape index (κ2) is 11.8. The molecule has 0 bridgehead atoms. The normalized spacial score (nSPS) is 19.8. The summed E-state index contributed by atoms with van der Waals surface area (Å²) in [7, 11) is 0. The van der Waals surface area contributed by atoms with Crippen molar-refractivity contribution in [1.82, 2.24) is 14.7 Å². The number of benzene rings is 2. The number of likely N-dealkylation sites (tertiary alicyclic amines) is 2. The summed E-state index contributed by atoms with van der Waals surface area (Å²) in [5, 5.41) is 0. The zero-order valence-electron chi connectivity index (χ0n) is 23.4. The van der Waals surface area contributed by atoms with E-state index >= 15 is 0 Å². The largest absolute Gasteiger partial charge is 0.342 e. The number of piperidine rings is 2. The molecule has 7 heteroatoms. The van der Waals surface area contributed by atoms with Crippen LogP contribution in [0.2, 0.25) is 0 Å². The monoisotopic (exact) mass is 530 g/mol. The Labute approximate surface area is 232 Å². The molecular weight excluding hydrogens is 488 g/mol. The Hall–Kier alpha value is -3.35. The van der Waals surface area contributed by atoms with Gasteiger partial charge in [0.25, 0.3) is 5.91 Å². The van der Waals surface area contributed by atoms with Gasteiger partial charge in [0.2, 0.25) is 11.8 Å². The fourth-order valence-electron chi connectivity index (χ4n) is 6.52. The van der Waals surface area contributed by atoms with Crippen molar-refractivity contribution < 1.29 is 14.4 Å². The molecule has 7 nitrogen and oxygen atoms in total. The number of para-hydroxylation sites is 1. The van der Waals surface area contributed by atoms with Crippen molar-refractivity contribution in [3.05, 3.63) is 66.2 Å². The Bertz CT molecular complexity index is 1140. The molecule has 2 aromatic rings. The summed E-state index contributed by atoms with van der Waals surface area (Å²) in [5.41, 5.74) is 1.64. The SMILES string of the molecule is CC(C)CC(=O)N1CCC2(CC1)C(=O)N(CC(=O)N1CCC(Cc3ccccc3)CC1)CN2c1ccccc1. The molecular formula is C32H42N4O3. The topological polar surface area (TPSA) is 64.2 Å². The Kier molecular flexibility index (Phi) is 8.24. The molecule has 3 saturated heterocycles. The summed E-state index contributed by atoms with van der Waals surface area (Å²) >= 11 is 0. The first-order valence-electron chi connectivity index (χ1n) is 14.6. The molecule has 0 radical (unpaired) electrons. The number of hydrogen-bond donors (Lipinski definition) is 0. The van der Waals surface area contributed by atoms with E-state index in [0.717, 1.165) is 38.0 Å². The zero-order valence-corrected chi connectivity index (χ0v) is 23.4. The molecule has 1 spiro atoms. The number of nitrogens with zero attached hydrogens (tertiary/aromatic N) is 4. The van der Waals surface area contributed by atoms with Gasteiger partial charge >= 0.3 is 0 Å². The van der Waals surface area contributed by atoms with E-state index in [1.54, 1.807) is 4.90 Å². The standard InChI is InChI=1S/C32H42N4O3/c1-25(2)21-29(37)34-19-15-32(16-20-34)31(39)35(24-36(32)28-11-7-4-8-12-28)23-30(38)33-17-13-27(14-18-33)22-26-9-5-3-6-10-26/h3-12,25,27H,13-24H2,1-2H3. The van der Waals surface area contributed by atoms with Crippen LogP contribution >= 0.6 is 0 Å². The molecule has 0 aliphatic carbocycles. The van der Waals surface area contributed by atoms with Crippen LogP contribution in [0.5, 0.6) is 0 Å². The highest BCUT2D eigenvalue weighted by molar-refractivity contribution is 5.96. The molecule has 208 valence electrons. The fourth-order valence-corrected chi connectivity index (χ4v) is 6.52. The Morgan fingerprint density at radius 2 is 1.44 bits per heavy atom. The molecule has 5 rings (SSSR count). The van der Waals surface area contributed by atoms with Crippen LogP contribution in [0, 0.1) is 11.8 Å². The van der Waals surface area contributed by atoms with Crippen LogP contribution in [-0.2, 0) is 20.8 Å². The minimum Gasteiger partial charge on any atom is -0.342 e. The Morgan fingerprint density at radius 3 is 2.05 bits per heavy atom. The highest BCUT2D eigenvalue weighted by atomic mass is 16.2. The summed E-state index contributed by atoms with van der Waals surface area (Å²) < 4.78 is 0. The predicted octanol–water partition coefficient (Wildman–Crippen LogP) is 4.18. The molecule has 3 heterocycles. The van der Waals surface area contributed by atoms with E-state index in [1.165, 1.54) is 5.56 Å². The number of anilines is 1. The maximum atomic E-state index is 14.0. The van der Waals surface area contributed by atoms with Gasteiger partial charge in [-0.3, -0.25) is 14.4 Å². The third-order valence-corrected chi connectivity index (χ3v) is 8.77. The first-order valence-corrected chi connectivity index (χ1v) is 14.6. The van der Waals surface area contributed by atoms with E-state index < -0.39 is 5.54 Å². The lowest BCUT2D eigenvalue weighted by Crippen LogP contribution is -2.57. The average Bonchev–Trinajstić information content (AvgIpc) is 3.20. The fraction of sp³-hybridized carbons (Fsp3) is 0.531. The Morgan fingerprint density at radius 1 is 0.846 bits per heavy atom. The number of carbonyl (C=O) groups is 3. The lowest BCUT2D eigenvalue weighted by atomic mass is 9.85. The summed E-state index contributed by atoms with van der Waals surface area (Å²) in [6, 6.07) is 20.6. The van der Waals surface area contributed by atoms with E-state index in [9.17, 15) is 14.4 Å². The van der Waals surface area contributed by atoms with Gasteiger partial charge in [-0.05, 0) is 61.6 Å². The first-order chi connectivity index (χ1) is 18.9. The second-order valence-corrected chi connectivity index (χ2v) is 11.9. The van der Waals surface area contributed by atoms with E-state index in [1.807, 2.05) is 46.2 Å². The zero-order chi connectivity index (χ0) is 27.4. The van der Waals surface area contributed by atoms with Crippen LogP contribution in [0.4, 0.5) is 5.69 Å². The maximum Gasteiger partial charge on any atom is 0.250 e. The van der Waals surface area contributed by atoms with Crippen LogP contribution in [0.3, 0.4) is 0 Å². The molecule has 3 aliphatic heterocycles. The number of amides is 3. The summed E-state index contributed by atoms with van der Waals surface area (Å²) in [5.74, 6) is 1.13. The summed E-state index contributed by atoms with van der Waals surface area (Å²) in [4.78, 5) is 47.9. The van der Waals surface area contributed by atoms with Crippen LogP contribution in [0.15, 0.2) is 60.7 Å². The molecule has 3 aliphatic rings. The first kappa shape index (κ1) is 27.2. The lowest BCUT2D eigenvalue weighted by Gasteiger charge is -2.43. The van der Waals surface area contributed by atoms with E-state index in [0.29, 0.717) is 50.9 Å². The third kappa shape index (κ3) is 5.97. The van der Waals surface area contributed by atoms with Gasteiger partial charge in [-0.1, -0.05) is 62.4 Å². The van der Waals surface area contributed by atoms with Crippen molar-refractivity contribution in [3.63, 3.8) is 0 Å². The molecule has 0 saturated carbocycles. The number of carbonyl (C=O) groups excluding carboxylic acids is 3. The van der Waals surface area contributed by atoms with Gasteiger partial charge in [0, 0.05) is 38.3 Å². The van der Waals surface area contributed by atoms with Crippen molar-refractivity contribution in [3.8, 4) is 0 Å². The summed E-state index contributed by atoms with van der Waals surface area (Å²) in [6.07, 6.45) is 4.74. The molecule has 0 aromatic heterocycles. The molecule has 0 unspecified atom stereocenters. The predicted molar refractivity (Wildman–Crippen MR) is 153 cm³/mol. The van der Waals surface area contributed by atoms with Crippen LogP contribution in [0.1, 0.15) is 51.5 Å². The van der Waals surface area contributed by atoms with Gasteiger partial charge in [-0.15, -0.1) is 0 Å². The molecule has 0 atom stereocenters. The van der Waals surface area contributed by atoms with Crippen LogP contribution in [-0.4, -0.2) is 77.4 Å². The van der Waals surface area contributed by atoms with Crippen molar-refractivity contribution in [2.45, 2.75) is 57.9 Å². The van der Waals surface area contributed by atoms with Gasteiger partial charge in [0.05, 0.1) is 6.67 Å².